The quantitative estimate of drug-likeness (QED) is 0.356. The molecule has 0 saturated carbocycles. The predicted molar refractivity (Wildman–Crippen MR) is 144 cm³/mol. The van der Waals surface area contributed by atoms with E-state index in [4.69, 9.17) is 9.47 Å². The van der Waals surface area contributed by atoms with E-state index in [1.165, 1.54) is 4.90 Å². The minimum Gasteiger partial charge on any atom is -0.454 e. The van der Waals surface area contributed by atoms with Gasteiger partial charge in [-0.3, -0.25) is 14.5 Å². The summed E-state index contributed by atoms with van der Waals surface area (Å²) in [4.78, 5) is 29.4. The largest absolute Gasteiger partial charge is 0.454 e. The molecule has 0 saturated heterocycles. The Hall–Kier alpha value is -4.40. The third-order valence-corrected chi connectivity index (χ3v) is 6.53. The standard InChI is InChI=1S/C29H31N5O4/c1-19(2)14-15-30-29(36)28(21-10-8-20(3)9-11-21)34(22-12-13-25-26(16-22)38-18-37-25)27(35)17-33-24-7-5-4-6-23(24)31-32-33/h4-13,16,19,28H,14-15,17-18H2,1-3H3,(H,30,36)/t28-/m1/s1. The van der Waals surface area contributed by atoms with Gasteiger partial charge in [-0.25, -0.2) is 4.68 Å². The van der Waals surface area contributed by atoms with Crippen LogP contribution < -0.4 is 19.7 Å². The Balaban J connectivity index is 1.57. The van der Waals surface area contributed by atoms with E-state index in [-0.39, 0.29) is 25.2 Å². The van der Waals surface area contributed by atoms with Crippen LogP contribution in [-0.4, -0.2) is 40.1 Å². The molecule has 9 nitrogen and oxygen atoms in total. The minimum absolute atomic E-state index is 0.101. The number of fused-ring (bicyclic) bond motifs is 2. The highest BCUT2D eigenvalue weighted by Gasteiger charge is 2.34. The van der Waals surface area contributed by atoms with Crippen LogP contribution >= 0.6 is 0 Å². The lowest BCUT2D eigenvalue weighted by Gasteiger charge is -2.32. The molecule has 0 aliphatic carbocycles. The fourth-order valence-electron chi connectivity index (χ4n) is 4.46. The molecule has 38 heavy (non-hydrogen) atoms. The van der Waals surface area contributed by atoms with E-state index < -0.39 is 6.04 Å². The maximum atomic E-state index is 14.1. The van der Waals surface area contributed by atoms with E-state index in [0.717, 1.165) is 17.5 Å². The SMILES string of the molecule is Cc1ccc([C@H](C(=O)NCCC(C)C)N(C(=O)Cn2nnc3ccccc32)c2ccc3c(c2)OCO3)cc1. The van der Waals surface area contributed by atoms with Gasteiger partial charge in [0.1, 0.15) is 18.1 Å². The second kappa shape index (κ2) is 10.9. The lowest BCUT2D eigenvalue weighted by molar-refractivity contribution is -0.127. The molecule has 4 aromatic rings. The average molecular weight is 514 g/mol. The Morgan fingerprint density at radius 1 is 1.03 bits per heavy atom. The number of carbonyl (C=O) groups is 2. The van der Waals surface area contributed by atoms with Gasteiger partial charge in [0.05, 0.1) is 5.52 Å². The molecule has 5 rings (SSSR count). The number of benzene rings is 3. The zero-order chi connectivity index (χ0) is 26.6. The smallest absolute Gasteiger partial charge is 0.249 e. The van der Waals surface area contributed by atoms with Gasteiger partial charge in [-0.15, -0.1) is 5.10 Å². The number of carbonyl (C=O) groups excluding carboxylic acids is 2. The van der Waals surface area contributed by atoms with Crippen molar-refractivity contribution in [3.05, 3.63) is 77.9 Å². The van der Waals surface area contributed by atoms with E-state index in [0.29, 0.717) is 40.7 Å². The van der Waals surface area contributed by atoms with E-state index >= 15 is 0 Å². The van der Waals surface area contributed by atoms with Gasteiger partial charge in [-0.1, -0.05) is 61.0 Å². The van der Waals surface area contributed by atoms with Gasteiger partial charge in [-0.2, -0.15) is 0 Å². The van der Waals surface area contributed by atoms with Crippen LogP contribution in [0.2, 0.25) is 0 Å². The number of para-hydroxylation sites is 1. The molecule has 2 amide bonds. The molecule has 1 N–H and O–H groups in total. The minimum atomic E-state index is -0.912. The van der Waals surface area contributed by atoms with Crippen molar-refractivity contribution < 1.29 is 19.1 Å². The average Bonchev–Trinajstić information content (AvgIpc) is 3.54. The van der Waals surface area contributed by atoms with Gasteiger partial charge in [0.2, 0.25) is 18.6 Å². The molecule has 1 aromatic heterocycles. The van der Waals surface area contributed by atoms with Gasteiger partial charge in [0.15, 0.2) is 11.5 Å². The first kappa shape index (κ1) is 25.3. The Bertz CT molecular complexity index is 1450. The van der Waals surface area contributed by atoms with Gasteiger partial charge < -0.3 is 14.8 Å². The summed E-state index contributed by atoms with van der Waals surface area (Å²) in [6.45, 7) is 6.71. The zero-order valence-corrected chi connectivity index (χ0v) is 21.8. The van der Waals surface area contributed by atoms with Crippen LogP contribution in [0.15, 0.2) is 66.7 Å². The molecule has 3 aromatic carbocycles. The Morgan fingerprint density at radius 2 is 1.79 bits per heavy atom. The van der Waals surface area contributed by atoms with E-state index in [1.54, 1.807) is 22.9 Å². The number of nitrogens with one attached hydrogen (secondary N) is 1. The Labute approximate surface area is 221 Å². The number of amides is 2. The summed E-state index contributed by atoms with van der Waals surface area (Å²) in [6.07, 6.45) is 0.829. The van der Waals surface area contributed by atoms with E-state index in [1.807, 2.05) is 55.5 Å². The van der Waals surface area contributed by atoms with Crippen molar-refractivity contribution in [3.63, 3.8) is 0 Å². The van der Waals surface area contributed by atoms with Gasteiger partial charge in [0.25, 0.3) is 0 Å². The topological polar surface area (TPSA) is 98.6 Å². The monoisotopic (exact) mass is 513 g/mol. The number of anilines is 1. The summed E-state index contributed by atoms with van der Waals surface area (Å²) in [7, 11) is 0. The van der Waals surface area contributed by atoms with Crippen molar-refractivity contribution >= 4 is 28.5 Å². The van der Waals surface area contributed by atoms with Crippen molar-refractivity contribution in [3.8, 4) is 11.5 Å². The second-order valence-electron chi connectivity index (χ2n) is 9.82. The number of aryl methyl sites for hydroxylation is 1. The molecule has 9 heteroatoms. The fraction of sp³-hybridized carbons (Fsp3) is 0.310. The van der Waals surface area contributed by atoms with Gasteiger partial charge in [-0.05, 0) is 49.1 Å². The molecule has 0 bridgehead atoms. The Kier molecular flexibility index (Phi) is 7.26. The summed E-state index contributed by atoms with van der Waals surface area (Å²) >= 11 is 0. The maximum absolute atomic E-state index is 14.1. The van der Waals surface area contributed by atoms with Crippen molar-refractivity contribution in [1.29, 1.82) is 0 Å². The molecule has 0 unspecified atom stereocenters. The third kappa shape index (κ3) is 5.32. The summed E-state index contributed by atoms with van der Waals surface area (Å²) in [5.41, 5.74) is 3.71. The van der Waals surface area contributed by atoms with Gasteiger partial charge >= 0.3 is 0 Å². The van der Waals surface area contributed by atoms with Crippen LogP contribution in [-0.2, 0) is 16.1 Å². The highest BCUT2D eigenvalue weighted by molar-refractivity contribution is 6.01. The van der Waals surface area contributed by atoms with Crippen molar-refractivity contribution in [2.75, 3.05) is 18.2 Å². The molecule has 196 valence electrons. The lowest BCUT2D eigenvalue weighted by atomic mass is 10.0. The van der Waals surface area contributed by atoms with Crippen LogP contribution in [0.5, 0.6) is 11.5 Å². The molecule has 0 radical (unpaired) electrons. The fourth-order valence-corrected chi connectivity index (χ4v) is 4.46. The van der Waals surface area contributed by atoms with E-state index in [9.17, 15) is 9.59 Å². The normalized spacial score (nSPS) is 13.1. The number of rotatable bonds is 9. The molecule has 0 spiro atoms. The lowest BCUT2D eigenvalue weighted by Crippen LogP contribution is -2.45. The van der Waals surface area contributed by atoms with Crippen molar-refractivity contribution in [1.82, 2.24) is 20.3 Å². The van der Waals surface area contributed by atoms with Crippen molar-refractivity contribution in [2.24, 2.45) is 5.92 Å². The number of hydrogen-bond donors (Lipinski definition) is 1. The van der Waals surface area contributed by atoms with Crippen molar-refractivity contribution in [2.45, 2.75) is 39.8 Å². The molecule has 1 atom stereocenters. The first-order valence-corrected chi connectivity index (χ1v) is 12.7. The van der Waals surface area contributed by atoms with Crippen LogP contribution in [0.1, 0.15) is 37.4 Å². The van der Waals surface area contributed by atoms with E-state index in [2.05, 4.69) is 29.5 Å². The van der Waals surface area contributed by atoms with Crippen LogP contribution in [0.25, 0.3) is 11.0 Å². The highest BCUT2D eigenvalue weighted by atomic mass is 16.7. The Morgan fingerprint density at radius 3 is 2.58 bits per heavy atom. The molecule has 1 aliphatic rings. The summed E-state index contributed by atoms with van der Waals surface area (Å²) in [5, 5.41) is 11.4. The molecular weight excluding hydrogens is 482 g/mol. The summed E-state index contributed by atoms with van der Waals surface area (Å²) in [6, 6.07) is 19.5. The number of hydrogen-bond acceptors (Lipinski definition) is 6. The molecule has 2 heterocycles. The number of aromatic nitrogens is 3. The summed E-state index contributed by atoms with van der Waals surface area (Å²) < 4.78 is 12.6. The molecule has 1 aliphatic heterocycles. The first-order valence-electron chi connectivity index (χ1n) is 12.7. The summed E-state index contributed by atoms with van der Waals surface area (Å²) in [5.74, 6) is 0.972. The zero-order valence-electron chi connectivity index (χ0n) is 21.8. The van der Waals surface area contributed by atoms with Crippen LogP contribution in [0, 0.1) is 12.8 Å². The highest BCUT2D eigenvalue weighted by Crippen LogP contribution is 2.38. The molecular formula is C29H31N5O4. The molecule has 0 fully saturated rings. The predicted octanol–water partition coefficient (Wildman–Crippen LogP) is 4.41. The third-order valence-electron chi connectivity index (χ3n) is 6.53. The number of ether oxygens (including phenoxy) is 2. The maximum Gasteiger partial charge on any atom is 0.249 e. The number of nitrogens with zero attached hydrogens (tertiary/aromatic N) is 4. The van der Waals surface area contributed by atoms with Gasteiger partial charge in [0, 0.05) is 18.3 Å². The van der Waals surface area contributed by atoms with Crippen LogP contribution in [0.3, 0.4) is 0 Å². The van der Waals surface area contributed by atoms with Crippen LogP contribution in [0.4, 0.5) is 5.69 Å². The first-order chi connectivity index (χ1) is 18.4. The second-order valence-corrected chi connectivity index (χ2v) is 9.82.